The minimum atomic E-state index is 0.488. The topological polar surface area (TPSA) is 28.2 Å². The van der Waals surface area contributed by atoms with Crippen LogP contribution in [0.5, 0.6) is 0 Å². The quantitative estimate of drug-likeness (QED) is 0.919. The third-order valence-corrected chi connectivity index (χ3v) is 5.95. The zero-order valence-electron chi connectivity index (χ0n) is 12.1. The molecule has 1 fully saturated rings. The number of nitrogens with zero attached hydrogens (tertiary/aromatic N) is 2. The van der Waals surface area contributed by atoms with Crippen LogP contribution >= 0.6 is 11.3 Å². The number of hydrogen-bond donors (Lipinski definition) is 1. The van der Waals surface area contributed by atoms with Crippen molar-refractivity contribution in [3.05, 3.63) is 10.6 Å². The number of rotatable bonds is 3. The number of anilines is 1. The van der Waals surface area contributed by atoms with Gasteiger partial charge in [-0.15, -0.1) is 11.3 Å². The van der Waals surface area contributed by atoms with Gasteiger partial charge in [0.25, 0.3) is 0 Å². The van der Waals surface area contributed by atoms with Crippen molar-refractivity contribution in [1.82, 2.24) is 10.3 Å². The van der Waals surface area contributed by atoms with E-state index in [1.807, 2.05) is 11.3 Å². The molecule has 0 radical (unpaired) electrons. The number of thiazole rings is 1. The van der Waals surface area contributed by atoms with Crippen LogP contribution < -0.4 is 10.2 Å². The molecule has 1 aliphatic heterocycles. The van der Waals surface area contributed by atoms with Gasteiger partial charge in [0, 0.05) is 18.0 Å². The van der Waals surface area contributed by atoms with Crippen molar-refractivity contribution in [2.45, 2.75) is 51.5 Å². The molecule has 1 saturated heterocycles. The number of aromatic nitrogens is 1. The van der Waals surface area contributed by atoms with Crippen molar-refractivity contribution in [3.8, 4) is 0 Å². The highest BCUT2D eigenvalue weighted by Crippen LogP contribution is 2.37. The first-order valence-electron chi connectivity index (χ1n) is 7.73. The minimum absolute atomic E-state index is 0.488. The lowest BCUT2D eigenvalue weighted by Crippen LogP contribution is -2.33. The fourth-order valence-corrected chi connectivity index (χ4v) is 4.57. The Labute approximate surface area is 120 Å². The maximum Gasteiger partial charge on any atom is 0.185 e. The van der Waals surface area contributed by atoms with Gasteiger partial charge in [-0.2, -0.15) is 0 Å². The molecule has 0 spiro atoms. The Morgan fingerprint density at radius 3 is 2.79 bits per heavy atom. The molecule has 1 atom stereocenters. The second-order valence-corrected chi connectivity index (χ2v) is 6.94. The van der Waals surface area contributed by atoms with Gasteiger partial charge in [-0.3, -0.25) is 0 Å². The summed E-state index contributed by atoms with van der Waals surface area (Å²) in [6.45, 7) is 4.73. The highest BCUT2D eigenvalue weighted by Gasteiger charge is 2.26. The second kappa shape index (κ2) is 5.80. The van der Waals surface area contributed by atoms with Crippen LogP contribution in [0.3, 0.4) is 0 Å². The summed E-state index contributed by atoms with van der Waals surface area (Å²) in [6, 6.07) is 0.488. The molecule has 2 aliphatic rings. The van der Waals surface area contributed by atoms with Crippen molar-refractivity contribution in [1.29, 1.82) is 0 Å². The summed E-state index contributed by atoms with van der Waals surface area (Å²) in [5, 5.41) is 4.70. The second-order valence-electron chi connectivity index (χ2n) is 5.88. The van der Waals surface area contributed by atoms with Gasteiger partial charge in [0.2, 0.25) is 0 Å². The molecule has 0 bridgehead atoms. The lowest BCUT2D eigenvalue weighted by molar-refractivity contribution is 0.394. The van der Waals surface area contributed by atoms with Gasteiger partial charge in [-0.05, 0) is 45.1 Å². The Bertz CT molecular complexity index is 421. The number of aryl methyl sites for hydroxylation is 1. The van der Waals surface area contributed by atoms with E-state index in [2.05, 4.69) is 24.2 Å². The van der Waals surface area contributed by atoms with Crippen LogP contribution in [0.1, 0.15) is 55.6 Å². The van der Waals surface area contributed by atoms with E-state index in [9.17, 15) is 0 Å². The van der Waals surface area contributed by atoms with Gasteiger partial charge in [-0.25, -0.2) is 4.98 Å². The van der Waals surface area contributed by atoms with Crippen LogP contribution in [0, 0.1) is 5.92 Å². The van der Waals surface area contributed by atoms with E-state index in [0.717, 1.165) is 5.92 Å². The fourth-order valence-electron chi connectivity index (χ4n) is 3.35. The summed E-state index contributed by atoms with van der Waals surface area (Å²) in [4.78, 5) is 9.00. The van der Waals surface area contributed by atoms with Gasteiger partial charge in [0.05, 0.1) is 11.7 Å². The Hall–Kier alpha value is -0.610. The van der Waals surface area contributed by atoms with Crippen LogP contribution in [0.15, 0.2) is 0 Å². The predicted octanol–water partition coefficient (Wildman–Crippen LogP) is 3.37. The molecule has 3 nitrogen and oxygen atoms in total. The lowest BCUT2D eigenvalue weighted by Gasteiger charge is -2.31. The van der Waals surface area contributed by atoms with E-state index in [1.165, 1.54) is 67.3 Å². The first-order chi connectivity index (χ1) is 9.31. The fraction of sp³-hybridized carbons (Fsp3) is 0.800. The molecule has 1 aromatic rings. The van der Waals surface area contributed by atoms with Gasteiger partial charge < -0.3 is 10.2 Å². The molecule has 1 unspecified atom stereocenters. The Kier molecular flexibility index (Phi) is 4.08. The van der Waals surface area contributed by atoms with Crippen LogP contribution in [-0.2, 0) is 6.42 Å². The molecule has 1 aromatic heterocycles. The summed E-state index contributed by atoms with van der Waals surface area (Å²) in [5.41, 5.74) is 1.34. The van der Waals surface area contributed by atoms with Crippen molar-refractivity contribution in [3.63, 3.8) is 0 Å². The number of fused-ring (bicyclic) bond motifs is 1. The zero-order valence-corrected chi connectivity index (χ0v) is 12.9. The zero-order chi connectivity index (χ0) is 13.2. The summed E-state index contributed by atoms with van der Waals surface area (Å²) >= 11 is 1.94. The van der Waals surface area contributed by atoms with Crippen LogP contribution in [0.2, 0.25) is 0 Å². The Morgan fingerprint density at radius 2 is 2.11 bits per heavy atom. The van der Waals surface area contributed by atoms with Gasteiger partial charge in [0.15, 0.2) is 5.13 Å². The summed E-state index contributed by atoms with van der Waals surface area (Å²) in [7, 11) is 2.06. The molecular weight excluding hydrogens is 254 g/mol. The lowest BCUT2D eigenvalue weighted by atomic mass is 9.95. The van der Waals surface area contributed by atoms with E-state index in [-0.39, 0.29) is 0 Å². The molecule has 3 rings (SSSR count). The molecule has 0 amide bonds. The van der Waals surface area contributed by atoms with Crippen molar-refractivity contribution in [2.75, 3.05) is 25.0 Å². The average molecular weight is 279 g/mol. The van der Waals surface area contributed by atoms with E-state index in [1.54, 1.807) is 0 Å². The van der Waals surface area contributed by atoms with E-state index in [0.29, 0.717) is 6.04 Å². The maximum atomic E-state index is 4.96. The van der Waals surface area contributed by atoms with Crippen molar-refractivity contribution >= 4 is 16.5 Å². The van der Waals surface area contributed by atoms with E-state index in [4.69, 9.17) is 4.98 Å². The molecule has 1 N–H and O–H groups in total. The largest absolute Gasteiger partial charge is 0.348 e. The first kappa shape index (κ1) is 13.4. The van der Waals surface area contributed by atoms with Crippen molar-refractivity contribution in [2.24, 2.45) is 5.92 Å². The standard InChI is InChI=1S/C15H25N3S/c1-3-11-7-9-18(10-8-11)15-17-14-12(16-2)5-4-6-13(14)19-15/h11-12,16H,3-10H2,1-2H3. The van der Waals surface area contributed by atoms with E-state index < -0.39 is 0 Å². The number of hydrogen-bond acceptors (Lipinski definition) is 4. The van der Waals surface area contributed by atoms with Crippen LogP contribution in [0.4, 0.5) is 5.13 Å². The van der Waals surface area contributed by atoms with Gasteiger partial charge in [0.1, 0.15) is 0 Å². The monoisotopic (exact) mass is 279 g/mol. The number of piperidine rings is 1. The molecule has 106 valence electrons. The molecule has 0 saturated carbocycles. The summed E-state index contributed by atoms with van der Waals surface area (Å²) in [5.74, 6) is 0.941. The van der Waals surface area contributed by atoms with E-state index >= 15 is 0 Å². The van der Waals surface area contributed by atoms with Gasteiger partial charge >= 0.3 is 0 Å². The van der Waals surface area contributed by atoms with Gasteiger partial charge in [-0.1, -0.05) is 13.3 Å². The highest BCUT2D eigenvalue weighted by atomic mass is 32.1. The molecule has 2 heterocycles. The first-order valence-corrected chi connectivity index (χ1v) is 8.55. The maximum absolute atomic E-state index is 4.96. The molecular formula is C15H25N3S. The summed E-state index contributed by atoms with van der Waals surface area (Å²) in [6.07, 6.45) is 7.80. The number of nitrogens with one attached hydrogen (secondary N) is 1. The molecule has 0 aromatic carbocycles. The Balaban J connectivity index is 1.74. The van der Waals surface area contributed by atoms with Crippen LogP contribution in [-0.4, -0.2) is 25.1 Å². The minimum Gasteiger partial charge on any atom is -0.348 e. The normalized spacial score (nSPS) is 24.5. The molecule has 1 aliphatic carbocycles. The van der Waals surface area contributed by atoms with Crippen molar-refractivity contribution < 1.29 is 0 Å². The smallest absolute Gasteiger partial charge is 0.185 e. The van der Waals surface area contributed by atoms with Crippen LogP contribution in [0.25, 0.3) is 0 Å². The SMILES string of the molecule is CCC1CCN(c2nc3c(s2)CCCC3NC)CC1. The molecule has 4 heteroatoms. The third kappa shape index (κ3) is 2.65. The predicted molar refractivity (Wildman–Crippen MR) is 82.1 cm³/mol. The molecule has 19 heavy (non-hydrogen) atoms. The Morgan fingerprint density at radius 1 is 1.32 bits per heavy atom. The average Bonchev–Trinajstić information content (AvgIpc) is 2.91. The third-order valence-electron chi connectivity index (χ3n) is 4.75. The highest BCUT2D eigenvalue weighted by molar-refractivity contribution is 7.15. The summed E-state index contributed by atoms with van der Waals surface area (Å²) < 4.78 is 0.